The monoisotopic (exact) mass is 278 g/mol. The number of nitro groups is 3. The molecule has 0 aromatic carbocycles. The number of nitrogens with two attached hydrogens (primary N) is 1. The van der Waals surface area contributed by atoms with Gasteiger partial charge in [0.2, 0.25) is 5.82 Å². The summed E-state index contributed by atoms with van der Waals surface area (Å²) in [7, 11) is 0. The van der Waals surface area contributed by atoms with E-state index >= 15 is 0 Å². The smallest absolute Gasteiger partial charge is 0.582 e. The van der Waals surface area contributed by atoms with Crippen molar-refractivity contribution in [3.63, 3.8) is 0 Å². The van der Waals surface area contributed by atoms with E-state index in [0.717, 1.165) is 0 Å². The molecule has 0 spiro atoms. The fourth-order valence-electron chi connectivity index (χ4n) is 0.823. The summed E-state index contributed by atoms with van der Waals surface area (Å²) >= 11 is 0. The van der Waals surface area contributed by atoms with Crippen molar-refractivity contribution in [2.75, 3.05) is 5.73 Å². The molecule has 0 fully saturated rings. The van der Waals surface area contributed by atoms with E-state index in [9.17, 15) is 35.6 Å². The highest BCUT2D eigenvalue weighted by molar-refractivity contribution is 5.47. The lowest BCUT2D eigenvalue weighted by atomic mass is 10.6. The van der Waals surface area contributed by atoms with Gasteiger partial charge < -0.3 is 10.9 Å². The molecule has 1 rings (SSSR count). The van der Waals surface area contributed by atoms with Crippen molar-refractivity contribution >= 4 is 11.6 Å². The molecular weight excluding hydrogens is 276 g/mol. The number of rotatable bonds is 5. The topological polar surface area (TPSA) is 233 Å². The lowest BCUT2D eigenvalue weighted by Crippen LogP contribution is -2.59. The Hall–Kier alpha value is -3.46. The lowest BCUT2D eigenvalue weighted by Gasteiger charge is -2.03. The van der Waals surface area contributed by atoms with Crippen molar-refractivity contribution in [1.82, 2.24) is 10.3 Å². The maximum atomic E-state index is 11.3. The second-order valence-corrected chi connectivity index (χ2v) is 2.72. The first-order valence-corrected chi connectivity index (χ1v) is 3.95. The molecule has 16 nitrogen and oxygen atoms in total. The number of anilines is 1. The maximum absolute atomic E-state index is 11.3. The van der Waals surface area contributed by atoms with Gasteiger partial charge in [0, 0.05) is 0 Å². The average molecular weight is 278 g/mol. The molecule has 1 aromatic rings. The van der Waals surface area contributed by atoms with Gasteiger partial charge in [-0.3, -0.25) is 0 Å². The molecule has 1 heterocycles. The summed E-state index contributed by atoms with van der Waals surface area (Å²) < 4.78 is 3.95. The van der Waals surface area contributed by atoms with Crippen LogP contribution in [0.15, 0.2) is 9.74 Å². The van der Waals surface area contributed by atoms with Crippen molar-refractivity contribution in [3.05, 3.63) is 35.6 Å². The number of hydrogen-bond donors (Lipinski definition) is 1. The molecular formula is C3H2N8O8. The zero-order valence-corrected chi connectivity index (χ0v) is 8.47. The number of hydroxylamine groups is 1. The molecule has 0 bridgehead atoms. The van der Waals surface area contributed by atoms with Crippen LogP contribution < -0.4 is 5.73 Å². The van der Waals surface area contributed by atoms with Crippen LogP contribution in [0, 0.1) is 35.6 Å². The van der Waals surface area contributed by atoms with Crippen molar-refractivity contribution in [1.29, 1.82) is 0 Å². The number of nitrogen functional groups attached to an aromatic ring is 1. The van der Waals surface area contributed by atoms with Gasteiger partial charge in [-0.05, 0) is 10.3 Å². The first kappa shape index (κ1) is 13.6. The van der Waals surface area contributed by atoms with Crippen molar-refractivity contribution in [2.45, 2.75) is 5.91 Å². The van der Waals surface area contributed by atoms with E-state index in [1.807, 2.05) is 0 Å². The van der Waals surface area contributed by atoms with E-state index in [1.165, 1.54) is 0 Å². The van der Waals surface area contributed by atoms with Gasteiger partial charge in [-0.1, -0.05) is 0 Å². The molecule has 102 valence electrons. The minimum Gasteiger partial charge on any atom is -0.582 e. The van der Waals surface area contributed by atoms with Gasteiger partial charge in [-0.2, -0.15) is 0 Å². The number of nitrogens with zero attached hydrogens (tertiary/aromatic N) is 7. The van der Waals surface area contributed by atoms with Crippen LogP contribution in [-0.4, -0.2) is 35.9 Å². The highest BCUT2D eigenvalue weighted by Crippen LogP contribution is 2.20. The van der Waals surface area contributed by atoms with Crippen LogP contribution >= 0.6 is 0 Å². The number of aromatic nitrogens is 2. The summed E-state index contributed by atoms with van der Waals surface area (Å²) in [6.45, 7) is 0. The van der Waals surface area contributed by atoms with Crippen LogP contribution in [0.2, 0.25) is 0 Å². The van der Waals surface area contributed by atoms with Crippen LogP contribution in [0.3, 0.4) is 0 Å². The molecule has 2 N–H and O–H groups in total. The molecule has 0 radical (unpaired) electrons. The van der Waals surface area contributed by atoms with Crippen LogP contribution in [0.25, 0.3) is 0 Å². The maximum Gasteiger partial charge on any atom is 0.937 e. The average Bonchev–Trinajstić information content (AvgIpc) is 2.63. The third-order valence-electron chi connectivity index (χ3n) is 1.67. The first-order valence-electron chi connectivity index (χ1n) is 3.95. The van der Waals surface area contributed by atoms with Crippen LogP contribution in [-0.2, 0) is 0 Å². The molecule has 19 heavy (non-hydrogen) atoms. The van der Waals surface area contributed by atoms with E-state index in [1.54, 1.807) is 0 Å². The van der Waals surface area contributed by atoms with E-state index in [0.29, 0.717) is 0 Å². The van der Waals surface area contributed by atoms with Gasteiger partial charge >= 0.3 is 11.7 Å². The van der Waals surface area contributed by atoms with Gasteiger partial charge in [0.25, 0.3) is 14.8 Å². The molecule has 1 aromatic heterocycles. The van der Waals surface area contributed by atoms with Gasteiger partial charge in [-0.15, -0.1) is 0 Å². The molecule has 0 aliphatic heterocycles. The third kappa shape index (κ3) is 1.92. The Morgan fingerprint density at radius 2 is 1.53 bits per heavy atom. The Morgan fingerprint density at radius 3 is 1.84 bits per heavy atom. The Balaban J connectivity index is 3.46. The minimum absolute atomic E-state index is 0.648. The summed E-state index contributed by atoms with van der Waals surface area (Å²) in [4.78, 5) is 24.0. The summed E-state index contributed by atoms with van der Waals surface area (Å²) in [6, 6.07) is 0. The summed E-state index contributed by atoms with van der Waals surface area (Å²) in [5, 5.41) is 51.1. The zero-order chi connectivity index (χ0) is 14.8. The van der Waals surface area contributed by atoms with Crippen LogP contribution in [0.4, 0.5) is 11.6 Å². The van der Waals surface area contributed by atoms with E-state index < -0.39 is 37.2 Å². The van der Waals surface area contributed by atoms with Crippen LogP contribution in [0.5, 0.6) is 0 Å². The summed E-state index contributed by atoms with van der Waals surface area (Å²) in [5.41, 5.74) is 5.02. The van der Waals surface area contributed by atoms with Crippen molar-refractivity contribution < 1.29 is 24.3 Å². The summed E-state index contributed by atoms with van der Waals surface area (Å²) in [6.07, 6.45) is 0. The molecule has 16 heteroatoms. The molecule has 0 amide bonds. The molecule has 0 unspecified atom stereocenters. The van der Waals surface area contributed by atoms with E-state index in [-0.39, 0.29) is 0 Å². The Bertz CT molecular complexity index is 538. The molecule has 0 aliphatic rings. The Labute approximate surface area is 99.6 Å². The van der Waals surface area contributed by atoms with Crippen molar-refractivity contribution in [3.8, 4) is 0 Å². The third-order valence-corrected chi connectivity index (χ3v) is 1.67. The largest absolute Gasteiger partial charge is 0.937 e. The van der Waals surface area contributed by atoms with Gasteiger partial charge in [-0.25, -0.2) is 35.0 Å². The molecule has 0 saturated heterocycles. The predicted molar refractivity (Wildman–Crippen MR) is 48.1 cm³/mol. The minimum atomic E-state index is -4.47. The van der Waals surface area contributed by atoms with Gasteiger partial charge in [0.05, 0.1) is 5.11 Å². The quantitative estimate of drug-likeness (QED) is 0.218. The van der Waals surface area contributed by atoms with Gasteiger partial charge in [0.15, 0.2) is 0 Å². The number of azo groups is 1. The highest BCUT2D eigenvalue weighted by Gasteiger charge is 2.84. The lowest BCUT2D eigenvalue weighted by molar-refractivity contribution is -1.12. The molecule has 0 saturated carbocycles. The number of hydrogen-bond acceptors (Lipinski definition) is 12. The second-order valence-electron chi connectivity index (χ2n) is 2.72. The highest BCUT2D eigenvalue weighted by atomic mass is 16.8. The molecule has 0 atom stereocenters. The predicted octanol–water partition coefficient (Wildman–Crippen LogP) is -1.31. The van der Waals surface area contributed by atoms with Crippen molar-refractivity contribution in [2.24, 2.45) is 5.11 Å². The summed E-state index contributed by atoms with van der Waals surface area (Å²) in [5.74, 6) is -6.00. The molecule has 0 aliphatic carbocycles. The first-order chi connectivity index (χ1) is 8.74. The van der Waals surface area contributed by atoms with E-state index in [4.69, 9.17) is 5.73 Å². The second kappa shape index (κ2) is 4.43. The zero-order valence-electron chi connectivity index (χ0n) is 8.47. The fraction of sp³-hybridized carbons (Fsp3) is 0.333. The standard InChI is InChI=1S/C3H2N8O8/c4-1-2(7-19-6-1)5-8(12)3(9(13)14,10(15)16)11(17)18/h(H2,4,6). The van der Waals surface area contributed by atoms with Gasteiger partial charge in [0.1, 0.15) is 4.86 Å². The van der Waals surface area contributed by atoms with E-state index in [2.05, 4.69) is 20.1 Å². The SMILES string of the molecule is Nc1nonc1N=[N+]([O-])C([N+](=O)[O-])([N+](=O)[O-])[N+](=O)[O-]. The Kier molecular flexibility index (Phi) is 3.17. The van der Waals surface area contributed by atoms with Crippen LogP contribution in [0.1, 0.15) is 0 Å². The fourth-order valence-corrected chi connectivity index (χ4v) is 0.823. The Morgan fingerprint density at radius 1 is 1.05 bits per heavy atom. The normalized spacial score (nSPS) is 12.1.